The zero-order valence-electron chi connectivity index (χ0n) is 7.80. The van der Waals surface area contributed by atoms with Gasteiger partial charge in [0, 0.05) is 11.5 Å². The molecule has 0 unspecified atom stereocenters. The van der Waals surface area contributed by atoms with Crippen LogP contribution >= 0.6 is 11.6 Å². The van der Waals surface area contributed by atoms with Gasteiger partial charge in [0.1, 0.15) is 5.15 Å². The molecule has 0 spiro atoms. The molecule has 0 radical (unpaired) electrons. The van der Waals surface area contributed by atoms with Gasteiger partial charge in [-0.15, -0.1) is 0 Å². The molecule has 74 valence electrons. The van der Waals surface area contributed by atoms with Gasteiger partial charge in [-0.1, -0.05) is 11.6 Å². The maximum absolute atomic E-state index is 5.88. The Morgan fingerprint density at radius 3 is 2.50 bits per heavy atom. The highest BCUT2D eigenvalue weighted by Crippen LogP contribution is 2.33. The van der Waals surface area contributed by atoms with E-state index < -0.39 is 0 Å². The first-order valence-corrected chi connectivity index (χ1v) is 4.39. The Morgan fingerprint density at radius 2 is 1.86 bits per heavy atom. The number of H-pyrrole nitrogens is 1. The molecule has 4 nitrogen and oxygen atoms in total. The van der Waals surface area contributed by atoms with E-state index in [-0.39, 0.29) is 0 Å². The van der Waals surface area contributed by atoms with Gasteiger partial charge in [-0.25, -0.2) is 0 Å². The number of nitrogens with one attached hydrogen (secondary N) is 1. The quantitative estimate of drug-likeness (QED) is 0.831. The molecule has 0 aliphatic rings. The fourth-order valence-electron chi connectivity index (χ4n) is 1.31. The molecular formula is C9H9ClN2O2. The summed E-state index contributed by atoms with van der Waals surface area (Å²) in [5, 5.41) is 8.02. The maximum atomic E-state index is 5.88. The van der Waals surface area contributed by atoms with E-state index in [0.29, 0.717) is 16.7 Å². The van der Waals surface area contributed by atoms with Gasteiger partial charge in [0.05, 0.1) is 19.7 Å². The van der Waals surface area contributed by atoms with Gasteiger partial charge in [0.2, 0.25) is 0 Å². The van der Waals surface area contributed by atoms with Crippen molar-refractivity contribution in [1.29, 1.82) is 0 Å². The van der Waals surface area contributed by atoms with E-state index in [2.05, 4.69) is 10.2 Å². The van der Waals surface area contributed by atoms with Crippen molar-refractivity contribution in [2.75, 3.05) is 14.2 Å². The smallest absolute Gasteiger partial charge is 0.162 e. The molecular weight excluding hydrogens is 204 g/mol. The van der Waals surface area contributed by atoms with Crippen molar-refractivity contribution in [1.82, 2.24) is 10.2 Å². The third-order valence-corrected chi connectivity index (χ3v) is 2.30. The van der Waals surface area contributed by atoms with Crippen molar-refractivity contribution >= 4 is 22.5 Å². The van der Waals surface area contributed by atoms with Crippen LogP contribution in [0.4, 0.5) is 0 Å². The van der Waals surface area contributed by atoms with Crippen LogP contribution in [0.2, 0.25) is 5.15 Å². The molecule has 0 atom stereocenters. The molecule has 1 aromatic carbocycles. The van der Waals surface area contributed by atoms with Crippen molar-refractivity contribution in [3.63, 3.8) is 0 Å². The highest BCUT2D eigenvalue weighted by atomic mass is 35.5. The molecule has 0 fully saturated rings. The molecule has 0 saturated heterocycles. The third kappa shape index (κ3) is 1.28. The zero-order chi connectivity index (χ0) is 10.1. The summed E-state index contributed by atoms with van der Waals surface area (Å²) in [5.41, 5.74) is 0.757. The van der Waals surface area contributed by atoms with Crippen molar-refractivity contribution in [3.05, 3.63) is 17.3 Å². The summed E-state index contributed by atoms with van der Waals surface area (Å²) in [6.45, 7) is 0. The number of methoxy groups -OCH3 is 2. The van der Waals surface area contributed by atoms with Gasteiger partial charge < -0.3 is 9.47 Å². The van der Waals surface area contributed by atoms with Gasteiger partial charge >= 0.3 is 0 Å². The summed E-state index contributed by atoms with van der Waals surface area (Å²) in [6.07, 6.45) is 0. The fourth-order valence-corrected chi connectivity index (χ4v) is 1.50. The predicted molar refractivity (Wildman–Crippen MR) is 54.2 cm³/mol. The second-order valence-electron chi connectivity index (χ2n) is 2.76. The summed E-state index contributed by atoms with van der Waals surface area (Å²) in [6, 6.07) is 3.57. The second kappa shape index (κ2) is 3.38. The second-order valence-corrected chi connectivity index (χ2v) is 3.14. The summed E-state index contributed by atoms with van der Waals surface area (Å²) >= 11 is 5.88. The van der Waals surface area contributed by atoms with Gasteiger partial charge in [-0.05, 0) is 6.07 Å². The molecule has 0 amide bonds. The van der Waals surface area contributed by atoms with Gasteiger partial charge in [-0.3, -0.25) is 5.10 Å². The number of nitrogens with zero attached hydrogens (tertiary/aromatic N) is 1. The molecule has 5 heteroatoms. The number of fused-ring (bicyclic) bond motifs is 1. The van der Waals surface area contributed by atoms with Crippen molar-refractivity contribution in [2.45, 2.75) is 0 Å². The number of hydrogen-bond donors (Lipinski definition) is 1. The summed E-state index contributed by atoms with van der Waals surface area (Å²) in [7, 11) is 3.16. The number of halogens is 1. The average Bonchev–Trinajstić information content (AvgIpc) is 2.58. The summed E-state index contributed by atoms with van der Waals surface area (Å²) in [4.78, 5) is 0. The molecule has 1 N–H and O–H groups in total. The van der Waals surface area contributed by atoms with E-state index in [0.717, 1.165) is 10.9 Å². The van der Waals surface area contributed by atoms with Crippen LogP contribution < -0.4 is 9.47 Å². The molecule has 0 aliphatic heterocycles. The molecule has 2 rings (SSSR count). The van der Waals surface area contributed by atoms with Crippen LogP contribution in [0.15, 0.2) is 12.1 Å². The highest BCUT2D eigenvalue weighted by Gasteiger charge is 2.09. The maximum Gasteiger partial charge on any atom is 0.162 e. The van der Waals surface area contributed by atoms with Crippen LogP contribution in [0.3, 0.4) is 0 Å². The number of aromatic amines is 1. The average molecular weight is 213 g/mol. The Morgan fingerprint density at radius 1 is 1.21 bits per heavy atom. The number of rotatable bonds is 2. The van der Waals surface area contributed by atoms with Crippen LogP contribution in [0.5, 0.6) is 11.5 Å². The van der Waals surface area contributed by atoms with E-state index >= 15 is 0 Å². The normalized spacial score (nSPS) is 10.5. The minimum absolute atomic E-state index is 0.501. The van der Waals surface area contributed by atoms with Gasteiger partial charge in [0.15, 0.2) is 11.5 Å². The largest absolute Gasteiger partial charge is 0.493 e. The van der Waals surface area contributed by atoms with Crippen LogP contribution in [0.1, 0.15) is 0 Å². The predicted octanol–water partition coefficient (Wildman–Crippen LogP) is 2.23. The minimum Gasteiger partial charge on any atom is -0.493 e. The molecule has 0 aliphatic carbocycles. The number of ether oxygens (including phenoxy) is 2. The minimum atomic E-state index is 0.501. The van der Waals surface area contributed by atoms with E-state index in [4.69, 9.17) is 21.1 Å². The van der Waals surface area contributed by atoms with Gasteiger partial charge in [-0.2, -0.15) is 5.10 Å². The molecule has 2 aromatic rings. The Balaban J connectivity index is 2.71. The SMILES string of the molecule is COc1cc2n[nH]c(Cl)c2cc1OC. The van der Waals surface area contributed by atoms with Crippen LogP contribution in [-0.4, -0.2) is 24.4 Å². The van der Waals surface area contributed by atoms with E-state index in [1.807, 2.05) is 0 Å². The first-order valence-electron chi connectivity index (χ1n) is 4.02. The van der Waals surface area contributed by atoms with Crippen LogP contribution in [0.25, 0.3) is 10.9 Å². The Kier molecular flexibility index (Phi) is 2.21. The Labute approximate surface area is 85.8 Å². The van der Waals surface area contributed by atoms with Gasteiger partial charge in [0.25, 0.3) is 0 Å². The Bertz CT molecular complexity index is 467. The van der Waals surface area contributed by atoms with E-state index in [1.165, 1.54) is 0 Å². The third-order valence-electron chi connectivity index (χ3n) is 2.01. The highest BCUT2D eigenvalue weighted by molar-refractivity contribution is 6.34. The molecule has 14 heavy (non-hydrogen) atoms. The lowest BCUT2D eigenvalue weighted by molar-refractivity contribution is 0.356. The lowest BCUT2D eigenvalue weighted by atomic mass is 10.2. The first-order chi connectivity index (χ1) is 6.76. The number of benzene rings is 1. The van der Waals surface area contributed by atoms with E-state index in [9.17, 15) is 0 Å². The molecule has 0 saturated carbocycles. The standard InChI is InChI=1S/C9H9ClN2O2/c1-13-7-3-5-6(4-8(7)14-2)11-12-9(5)10/h3-4H,1-2H3,(H,11,12). The first kappa shape index (κ1) is 9.15. The zero-order valence-corrected chi connectivity index (χ0v) is 8.55. The summed E-state index contributed by atoms with van der Waals surface area (Å²) < 4.78 is 10.3. The lowest BCUT2D eigenvalue weighted by Crippen LogP contribution is -1.89. The summed E-state index contributed by atoms with van der Waals surface area (Å²) in [5.74, 6) is 1.28. The monoisotopic (exact) mass is 212 g/mol. The van der Waals surface area contributed by atoms with Crippen molar-refractivity contribution in [2.24, 2.45) is 0 Å². The molecule has 0 bridgehead atoms. The van der Waals surface area contributed by atoms with Crippen LogP contribution in [0, 0.1) is 0 Å². The van der Waals surface area contributed by atoms with Crippen molar-refractivity contribution in [3.8, 4) is 11.5 Å². The molecule has 1 aromatic heterocycles. The number of hydrogen-bond acceptors (Lipinski definition) is 3. The topological polar surface area (TPSA) is 47.1 Å². The van der Waals surface area contributed by atoms with E-state index in [1.54, 1.807) is 26.4 Å². The molecule has 1 heterocycles. The number of aromatic nitrogens is 2. The van der Waals surface area contributed by atoms with Crippen LogP contribution in [-0.2, 0) is 0 Å². The Hall–Kier alpha value is -1.42. The van der Waals surface area contributed by atoms with Crippen molar-refractivity contribution < 1.29 is 9.47 Å². The lowest BCUT2D eigenvalue weighted by Gasteiger charge is -2.06. The fraction of sp³-hybridized carbons (Fsp3) is 0.222.